The van der Waals surface area contributed by atoms with Crippen molar-refractivity contribution < 1.29 is 14.3 Å². The molecule has 7 nitrogen and oxygen atoms in total. The summed E-state index contributed by atoms with van der Waals surface area (Å²) in [5.74, 6) is 2.35. The van der Waals surface area contributed by atoms with Crippen LogP contribution < -0.4 is 14.8 Å². The van der Waals surface area contributed by atoms with Crippen LogP contribution in [0.3, 0.4) is 0 Å². The highest BCUT2D eigenvalue weighted by molar-refractivity contribution is 9.10. The van der Waals surface area contributed by atoms with Crippen LogP contribution in [0.4, 0.5) is 5.69 Å². The third-order valence-corrected chi connectivity index (χ3v) is 6.05. The van der Waals surface area contributed by atoms with Crippen molar-refractivity contribution in [1.29, 1.82) is 0 Å². The van der Waals surface area contributed by atoms with E-state index in [0.29, 0.717) is 17.5 Å². The van der Waals surface area contributed by atoms with Crippen molar-refractivity contribution in [3.8, 4) is 11.5 Å². The van der Waals surface area contributed by atoms with E-state index in [2.05, 4.69) is 31.4 Å². The largest absolute Gasteiger partial charge is 0.497 e. The summed E-state index contributed by atoms with van der Waals surface area (Å²) in [6, 6.07) is 13.1. The molecular formula is C22H25BrN4O3S. The normalized spacial score (nSPS) is 11.8. The van der Waals surface area contributed by atoms with Gasteiger partial charge in [0.2, 0.25) is 5.91 Å². The van der Waals surface area contributed by atoms with Crippen LogP contribution in [0.15, 0.2) is 52.1 Å². The maximum atomic E-state index is 12.4. The molecule has 31 heavy (non-hydrogen) atoms. The zero-order valence-corrected chi connectivity index (χ0v) is 20.3. The highest BCUT2D eigenvalue weighted by Crippen LogP contribution is 2.26. The molecule has 1 N–H and O–H groups in total. The van der Waals surface area contributed by atoms with Gasteiger partial charge in [-0.15, -0.1) is 10.2 Å². The number of aromatic nitrogens is 3. The fourth-order valence-corrected chi connectivity index (χ4v) is 4.28. The van der Waals surface area contributed by atoms with Gasteiger partial charge in [-0.25, -0.2) is 0 Å². The Morgan fingerprint density at radius 1 is 1.19 bits per heavy atom. The zero-order valence-electron chi connectivity index (χ0n) is 17.9. The number of benzene rings is 2. The first kappa shape index (κ1) is 23.1. The van der Waals surface area contributed by atoms with Crippen LogP contribution in [0.1, 0.15) is 31.3 Å². The fraction of sp³-hybridized carbons (Fsp3) is 0.318. The molecule has 1 unspecified atom stereocenters. The lowest BCUT2D eigenvalue weighted by atomic mass is 10.2. The minimum Gasteiger partial charge on any atom is -0.497 e. The number of hydrogen-bond donors (Lipinski definition) is 1. The molecular weight excluding hydrogens is 480 g/mol. The van der Waals surface area contributed by atoms with Crippen molar-refractivity contribution in [1.82, 2.24) is 14.8 Å². The number of nitrogens with one attached hydrogen (secondary N) is 1. The third kappa shape index (κ3) is 6.01. The molecule has 0 saturated heterocycles. The van der Waals surface area contributed by atoms with Gasteiger partial charge in [-0.1, -0.05) is 27.7 Å². The number of anilines is 1. The number of ether oxygens (including phenoxy) is 2. The first-order valence-corrected chi connectivity index (χ1v) is 11.6. The molecule has 1 heterocycles. The molecule has 1 aromatic heterocycles. The maximum Gasteiger partial charge on any atom is 0.234 e. The molecule has 9 heteroatoms. The highest BCUT2D eigenvalue weighted by atomic mass is 79.9. The number of thioether (sulfide) groups is 1. The average molecular weight is 505 g/mol. The summed E-state index contributed by atoms with van der Waals surface area (Å²) in [5, 5.41) is 12.2. The molecule has 1 atom stereocenters. The van der Waals surface area contributed by atoms with E-state index in [-0.39, 0.29) is 17.8 Å². The smallest absolute Gasteiger partial charge is 0.234 e. The van der Waals surface area contributed by atoms with Gasteiger partial charge in [-0.3, -0.25) is 4.79 Å². The number of amides is 1. The van der Waals surface area contributed by atoms with Crippen LogP contribution in [0, 0.1) is 6.92 Å². The Labute approximate surface area is 194 Å². The van der Waals surface area contributed by atoms with E-state index in [1.807, 2.05) is 67.8 Å². The number of halogens is 1. The summed E-state index contributed by atoms with van der Waals surface area (Å²) in [6.07, 6.45) is -0.297. The topological polar surface area (TPSA) is 78.3 Å². The van der Waals surface area contributed by atoms with Crippen molar-refractivity contribution in [2.75, 3.05) is 18.2 Å². The van der Waals surface area contributed by atoms with E-state index < -0.39 is 0 Å². The average Bonchev–Trinajstić information content (AvgIpc) is 3.18. The van der Waals surface area contributed by atoms with Crippen LogP contribution >= 0.6 is 27.7 Å². The van der Waals surface area contributed by atoms with Crippen molar-refractivity contribution in [2.45, 2.75) is 38.6 Å². The van der Waals surface area contributed by atoms with Gasteiger partial charge in [0.25, 0.3) is 0 Å². The van der Waals surface area contributed by atoms with Crippen LogP contribution in [-0.4, -0.2) is 33.5 Å². The monoisotopic (exact) mass is 504 g/mol. The molecule has 0 bridgehead atoms. The molecule has 0 aliphatic rings. The lowest BCUT2D eigenvalue weighted by molar-refractivity contribution is -0.113. The molecule has 3 rings (SSSR count). The van der Waals surface area contributed by atoms with Gasteiger partial charge in [-0.2, -0.15) is 0 Å². The molecule has 2 aromatic carbocycles. The zero-order chi connectivity index (χ0) is 22.4. The van der Waals surface area contributed by atoms with Crippen molar-refractivity contribution in [3.05, 3.63) is 58.3 Å². The standard InChI is InChI=1S/C22H25BrN4O3S/c1-5-27-21(15(3)30-18-9-7-17(29-4)8-10-18)25-26-22(27)31-13-20(28)24-19-11-6-16(23)12-14(19)2/h6-12,15H,5,13H2,1-4H3,(H,24,28). The van der Waals surface area contributed by atoms with Crippen LogP contribution in [-0.2, 0) is 11.3 Å². The molecule has 0 spiro atoms. The Morgan fingerprint density at radius 3 is 2.55 bits per heavy atom. The molecule has 1 amide bonds. The highest BCUT2D eigenvalue weighted by Gasteiger charge is 2.19. The van der Waals surface area contributed by atoms with E-state index in [1.165, 1.54) is 11.8 Å². The van der Waals surface area contributed by atoms with Crippen LogP contribution in [0.25, 0.3) is 0 Å². The Balaban J connectivity index is 1.62. The molecule has 0 saturated carbocycles. The second kappa shape index (κ2) is 10.7. The quantitative estimate of drug-likeness (QED) is 0.401. The van der Waals surface area contributed by atoms with Crippen molar-refractivity contribution in [3.63, 3.8) is 0 Å². The van der Waals surface area contributed by atoms with E-state index >= 15 is 0 Å². The lowest BCUT2D eigenvalue weighted by Gasteiger charge is -2.16. The molecule has 0 radical (unpaired) electrons. The van der Waals surface area contributed by atoms with Gasteiger partial charge in [-0.05, 0) is 68.8 Å². The van der Waals surface area contributed by atoms with Crippen LogP contribution in [0.5, 0.6) is 11.5 Å². The minimum absolute atomic E-state index is 0.0924. The van der Waals surface area contributed by atoms with Crippen molar-refractivity contribution >= 4 is 39.3 Å². The third-order valence-electron chi connectivity index (χ3n) is 4.59. The lowest BCUT2D eigenvalue weighted by Crippen LogP contribution is -2.16. The van der Waals surface area contributed by atoms with Gasteiger partial charge < -0.3 is 19.4 Å². The van der Waals surface area contributed by atoms with Gasteiger partial charge >= 0.3 is 0 Å². The van der Waals surface area contributed by atoms with E-state index in [9.17, 15) is 4.79 Å². The van der Waals surface area contributed by atoms with Crippen LogP contribution in [0.2, 0.25) is 0 Å². The molecule has 0 aliphatic heterocycles. The Hall–Kier alpha value is -2.52. The number of rotatable bonds is 9. The Kier molecular flexibility index (Phi) is 7.97. The summed E-state index contributed by atoms with van der Waals surface area (Å²) in [4.78, 5) is 12.4. The van der Waals surface area contributed by atoms with Gasteiger partial charge in [0.1, 0.15) is 11.5 Å². The minimum atomic E-state index is -0.297. The van der Waals surface area contributed by atoms with Crippen molar-refractivity contribution in [2.24, 2.45) is 0 Å². The van der Waals surface area contributed by atoms with Gasteiger partial charge in [0, 0.05) is 16.7 Å². The predicted molar refractivity (Wildman–Crippen MR) is 126 cm³/mol. The Bertz CT molecular complexity index is 1040. The summed E-state index contributed by atoms with van der Waals surface area (Å²) >= 11 is 4.78. The van der Waals surface area contributed by atoms with Gasteiger partial charge in [0.05, 0.1) is 12.9 Å². The summed E-state index contributed by atoms with van der Waals surface area (Å²) < 4.78 is 14.1. The number of methoxy groups -OCH3 is 1. The number of carbonyl (C=O) groups excluding carboxylic acids is 1. The number of carbonyl (C=O) groups is 1. The number of aryl methyl sites for hydroxylation is 1. The van der Waals surface area contributed by atoms with E-state index in [0.717, 1.165) is 27.2 Å². The maximum absolute atomic E-state index is 12.4. The molecule has 0 aliphatic carbocycles. The number of hydrogen-bond acceptors (Lipinski definition) is 6. The van der Waals surface area contributed by atoms with E-state index in [4.69, 9.17) is 9.47 Å². The molecule has 3 aromatic rings. The Morgan fingerprint density at radius 2 is 1.90 bits per heavy atom. The fourth-order valence-electron chi connectivity index (χ4n) is 3.00. The first-order valence-electron chi connectivity index (χ1n) is 9.83. The SMILES string of the molecule is CCn1c(SCC(=O)Nc2ccc(Br)cc2C)nnc1C(C)Oc1ccc(OC)cc1. The number of nitrogens with zero attached hydrogens (tertiary/aromatic N) is 3. The molecule has 164 valence electrons. The second-order valence-electron chi connectivity index (χ2n) is 6.82. The predicted octanol–water partition coefficient (Wildman–Crippen LogP) is 5.25. The summed E-state index contributed by atoms with van der Waals surface area (Å²) in [6.45, 7) is 6.58. The van der Waals surface area contributed by atoms with Gasteiger partial charge in [0.15, 0.2) is 17.1 Å². The second-order valence-corrected chi connectivity index (χ2v) is 8.67. The van der Waals surface area contributed by atoms with E-state index in [1.54, 1.807) is 7.11 Å². The first-order chi connectivity index (χ1) is 14.9. The summed E-state index contributed by atoms with van der Waals surface area (Å²) in [7, 11) is 1.63. The molecule has 0 fully saturated rings. The summed E-state index contributed by atoms with van der Waals surface area (Å²) in [5.41, 5.74) is 1.80.